The van der Waals surface area contributed by atoms with Gasteiger partial charge < -0.3 is 0 Å². The van der Waals surface area contributed by atoms with E-state index in [0.717, 1.165) is 6.07 Å². The van der Waals surface area contributed by atoms with Crippen molar-refractivity contribution >= 4 is 15.9 Å². The Hall–Kier alpha value is 0.157. The van der Waals surface area contributed by atoms with Crippen LogP contribution in [0.4, 0.5) is 8.78 Å². The molecule has 0 unspecified atom stereocenters. The molecule has 1 aromatic rings. The Balaban J connectivity index is 0.000000810. The Morgan fingerprint density at radius 3 is 2.30 bits per heavy atom. The van der Waals surface area contributed by atoms with Crippen LogP contribution in [-0.4, -0.2) is 0 Å². The molecule has 10 heavy (non-hydrogen) atoms. The second-order valence-corrected chi connectivity index (χ2v) is 2.32. The van der Waals surface area contributed by atoms with Gasteiger partial charge in [0.1, 0.15) is 0 Å². The van der Waals surface area contributed by atoms with Crippen molar-refractivity contribution < 1.29 is 27.6 Å². The van der Waals surface area contributed by atoms with E-state index < -0.39 is 11.6 Å². The van der Waals surface area contributed by atoms with Gasteiger partial charge in [0.15, 0.2) is 0 Å². The molecule has 0 spiro atoms. The summed E-state index contributed by atoms with van der Waals surface area (Å²) >= 11 is 2.93. The predicted molar refractivity (Wildman–Crippen MR) is 32.9 cm³/mol. The summed E-state index contributed by atoms with van der Waals surface area (Å²) in [6, 6.07) is 4.54. The maximum Gasteiger partial charge on any atom is 1.00 e. The smallest absolute Gasteiger partial charge is 0.281 e. The van der Waals surface area contributed by atoms with Gasteiger partial charge >= 0.3 is 18.9 Å². The van der Waals surface area contributed by atoms with E-state index in [1.54, 1.807) is 0 Å². The maximum absolute atomic E-state index is 12.1. The average molecular weight is 199 g/mol. The molecule has 0 nitrogen and oxygen atoms in total. The fourth-order valence-electron chi connectivity index (χ4n) is 0.426. The summed E-state index contributed by atoms with van der Waals surface area (Å²) in [7, 11) is 0. The molecule has 0 radical (unpaired) electrons. The Bertz CT molecular complexity index is 227. The van der Waals surface area contributed by atoms with E-state index >= 15 is 0 Å². The van der Waals surface area contributed by atoms with Gasteiger partial charge in [-0.3, -0.25) is 4.39 Å². The molecule has 48 valence electrons. The summed E-state index contributed by atoms with van der Waals surface area (Å²) in [5.41, 5.74) is 0. The van der Waals surface area contributed by atoms with Crippen LogP contribution in [0.25, 0.3) is 0 Å². The van der Waals surface area contributed by atoms with Crippen LogP contribution in [0.5, 0.6) is 0 Å². The van der Waals surface area contributed by atoms with Gasteiger partial charge in [-0.05, 0) is 0 Å². The van der Waals surface area contributed by atoms with Crippen molar-refractivity contribution in [3.05, 3.63) is 34.3 Å². The van der Waals surface area contributed by atoms with Crippen LogP contribution < -0.4 is 18.9 Å². The van der Waals surface area contributed by atoms with Gasteiger partial charge in [0.25, 0.3) is 0 Å². The molecule has 0 saturated carbocycles. The third-order valence-corrected chi connectivity index (χ3v) is 1.28. The van der Waals surface area contributed by atoms with Gasteiger partial charge in [-0.25, -0.2) is 4.39 Å². The third kappa shape index (κ3) is 2.41. The van der Waals surface area contributed by atoms with E-state index in [9.17, 15) is 8.78 Å². The van der Waals surface area contributed by atoms with Crippen molar-refractivity contribution in [2.75, 3.05) is 0 Å². The molecule has 0 heterocycles. The summed E-state index contributed by atoms with van der Waals surface area (Å²) < 4.78 is 24.6. The topological polar surface area (TPSA) is 0 Å². The predicted octanol–water partition coefficient (Wildman–Crippen LogP) is -0.469. The minimum atomic E-state index is -0.954. The summed E-state index contributed by atoms with van der Waals surface area (Å²) in [5, 5.41) is 0. The van der Waals surface area contributed by atoms with E-state index in [0.29, 0.717) is 4.47 Å². The molecular weight excluding hydrogens is 197 g/mol. The Morgan fingerprint density at radius 2 is 1.90 bits per heavy atom. The summed E-state index contributed by atoms with van der Waals surface area (Å²) in [6.07, 6.45) is 0. The zero-order chi connectivity index (χ0) is 6.85. The second-order valence-electron chi connectivity index (χ2n) is 1.47. The SMILES string of the molecule is Fc1[c-]c(Br)ccc1F.[Li+]. The van der Waals surface area contributed by atoms with Crippen molar-refractivity contribution in [2.45, 2.75) is 0 Å². The average Bonchev–Trinajstić information content (AvgIpc) is 1.80. The fraction of sp³-hybridized carbons (Fsp3) is 0. The maximum atomic E-state index is 12.1. The Labute approximate surface area is 77.9 Å². The minimum Gasteiger partial charge on any atom is -0.281 e. The van der Waals surface area contributed by atoms with E-state index in [-0.39, 0.29) is 18.9 Å². The molecule has 0 aliphatic rings. The molecule has 0 aromatic heterocycles. The van der Waals surface area contributed by atoms with Crippen LogP contribution in [0, 0.1) is 17.7 Å². The van der Waals surface area contributed by atoms with Crippen LogP contribution in [0.3, 0.4) is 0 Å². The van der Waals surface area contributed by atoms with Crippen LogP contribution in [0.15, 0.2) is 16.6 Å². The molecule has 0 aliphatic carbocycles. The number of hydrogen-bond donors (Lipinski definition) is 0. The van der Waals surface area contributed by atoms with Gasteiger partial charge in [0.2, 0.25) is 0 Å². The number of rotatable bonds is 0. The van der Waals surface area contributed by atoms with Crippen LogP contribution in [-0.2, 0) is 0 Å². The van der Waals surface area contributed by atoms with Crippen molar-refractivity contribution in [1.29, 1.82) is 0 Å². The van der Waals surface area contributed by atoms with Gasteiger partial charge in [0.05, 0.1) is 0 Å². The number of benzene rings is 1. The van der Waals surface area contributed by atoms with Gasteiger partial charge in [-0.2, -0.15) is 6.07 Å². The third-order valence-electron chi connectivity index (χ3n) is 0.815. The monoisotopic (exact) mass is 198 g/mol. The quantitative estimate of drug-likeness (QED) is 0.301. The Morgan fingerprint density at radius 1 is 1.30 bits per heavy atom. The van der Waals surface area contributed by atoms with E-state index in [1.165, 1.54) is 6.07 Å². The normalized spacial score (nSPS) is 8.70. The molecule has 0 aliphatic heterocycles. The Kier molecular flexibility index (Phi) is 4.19. The molecule has 0 atom stereocenters. The van der Waals surface area contributed by atoms with Crippen molar-refractivity contribution in [3.8, 4) is 0 Å². The minimum absolute atomic E-state index is 0. The van der Waals surface area contributed by atoms with Gasteiger partial charge in [0, 0.05) is 11.6 Å². The van der Waals surface area contributed by atoms with Crippen molar-refractivity contribution in [1.82, 2.24) is 0 Å². The van der Waals surface area contributed by atoms with Crippen LogP contribution >= 0.6 is 15.9 Å². The molecule has 0 bridgehead atoms. The molecular formula is C6H2BrF2Li. The van der Waals surface area contributed by atoms with Crippen molar-refractivity contribution in [3.63, 3.8) is 0 Å². The summed E-state index contributed by atoms with van der Waals surface area (Å²) in [5.74, 6) is -1.83. The molecule has 4 heteroatoms. The molecule has 0 amide bonds. The van der Waals surface area contributed by atoms with Gasteiger partial charge in [-0.15, -0.1) is 12.1 Å². The summed E-state index contributed by atoms with van der Waals surface area (Å²) in [4.78, 5) is 0. The van der Waals surface area contributed by atoms with E-state index in [4.69, 9.17) is 0 Å². The molecule has 0 fully saturated rings. The first kappa shape index (κ1) is 10.2. The molecule has 1 aromatic carbocycles. The first-order chi connectivity index (χ1) is 4.20. The standard InChI is InChI=1S/C6H2BrF2.Li/c7-4-1-2-5(8)6(9)3-4;/h1-2H;/q-1;+1. The van der Waals surface area contributed by atoms with E-state index in [2.05, 4.69) is 22.0 Å². The second kappa shape index (κ2) is 4.12. The van der Waals surface area contributed by atoms with Crippen LogP contribution in [0.2, 0.25) is 0 Å². The van der Waals surface area contributed by atoms with Crippen LogP contribution in [0.1, 0.15) is 0 Å². The summed E-state index contributed by atoms with van der Waals surface area (Å²) in [6.45, 7) is 0. The van der Waals surface area contributed by atoms with Gasteiger partial charge in [-0.1, -0.05) is 20.4 Å². The molecule has 1 rings (SSSR count). The number of hydrogen-bond acceptors (Lipinski definition) is 0. The largest absolute Gasteiger partial charge is 1.00 e. The zero-order valence-corrected chi connectivity index (χ0v) is 6.87. The molecule has 0 saturated heterocycles. The first-order valence-electron chi connectivity index (χ1n) is 2.23. The zero-order valence-electron chi connectivity index (χ0n) is 5.29. The van der Waals surface area contributed by atoms with E-state index in [1.807, 2.05) is 0 Å². The first-order valence-corrected chi connectivity index (χ1v) is 3.02. The van der Waals surface area contributed by atoms with Crippen molar-refractivity contribution in [2.24, 2.45) is 0 Å². The number of halogens is 3. The molecule has 0 N–H and O–H groups in total. The fourth-order valence-corrected chi connectivity index (χ4v) is 0.732.